The SMILES string of the molecule is CCOc1cccc(-c2c(N)c(C(C)=O)c(C)n2C)c1. The van der Waals surface area contributed by atoms with Gasteiger partial charge in [-0.2, -0.15) is 0 Å². The third-order valence-corrected chi connectivity index (χ3v) is 3.50. The zero-order chi connectivity index (χ0) is 14.9. The number of rotatable bonds is 4. The molecule has 0 saturated heterocycles. The predicted octanol–water partition coefficient (Wildman–Crippen LogP) is 3.18. The van der Waals surface area contributed by atoms with Crippen LogP contribution in [0.15, 0.2) is 24.3 Å². The molecule has 0 unspecified atom stereocenters. The average Bonchev–Trinajstić information content (AvgIpc) is 2.61. The van der Waals surface area contributed by atoms with Gasteiger partial charge in [0, 0.05) is 18.3 Å². The molecule has 2 aromatic rings. The van der Waals surface area contributed by atoms with Gasteiger partial charge in [0.25, 0.3) is 0 Å². The van der Waals surface area contributed by atoms with Gasteiger partial charge in [-0.05, 0) is 32.9 Å². The first kappa shape index (κ1) is 14.2. The van der Waals surface area contributed by atoms with E-state index in [0.29, 0.717) is 17.9 Å². The lowest BCUT2D eigenvalue weighted by Gasteiger charge is -2.09. The number of anilines is 1. The second kappa shape index (κ2) is 5.41. The van der Waals surface area contributed by atoms with Gasteiger partial charge in [-0.15, -0.1) is 0 Å². The van der Waals surface area contributed by atoms with Crippen LogP contribution in [-0.4, -0.2) is 17.0 Å². The van der Waals surface area contributed by atoms with Crippen molar-refractivity contribution in [1.82, 2.24) is 4.57 Å². The molecule has 4 heteroatoms. The Hall–Kier alpha value is -2.23. The zero-order valence-electron chi connectivity index (χ0n) is 12.4. The van der Waals surface area contributed by atoms with Crippen LogP contribution in [0.2, 0.25) is 0 Å². The lowest BCUT2D eigenvalue weighted by atomic mass is 10.1. The summed E-state index contributed by atoms with van der Waals surface area (Å²) in [6, 6.07) is 7.75. The first-order valence-corrected chi connectivity index (χ1v) is 6.66. The monoisotopic (exact) mass is 272 g/mol. The van der Waals surface area contributed by atoms with Gasteiger partial charge < -0.3 is 15.0 Å². The highest BCUT2D eigenvalue weighted by molar-refractivity contribution is 6.04. The minimum Gasteiger partial charge on any atom is -0.494 e. The van der Waals surface area contributed by atoms with E-state index >= 15 is 0 Å². The number of ether oxygens (including phenoxy) is 1. The number of nitrogens with zero attached hydrogens (tertiary/aromatic N) is 1. The van der Waals surface area contributed by atoms with Crippen molar-refractivity contribution < 1.29 is 9.53 Å². The van der Waals surface area contributed by atoms with Crippen molar-refractivity contribution in [2.24, 2.45) is 7.05 Å². The number of carbonyl (C=O) groups excluding carboxylic acids is 1. The fourth-order valence-electron chi connectivity index (χ4n) is 2.52. The quantitative estimate of drug-likeness (QED) is 0.870. The Kier molecular flexibility index (Phi) is 3.84. The van der Waals surface area contributed by atoms with Gasteiger partial charge in [0.05, 0.1) is 23.6 Å². The molecule has 2 N–H and O–H groups in total. The molecule has 0 atom stereocenters. The van der Waals surface area contributed by atoms with E-state index in [4.69, 9.17) is 10.5 Å². The molecule has 1 aromatic carbocycles. The number of benzene rings is 1. The second-order valence-corrected chi connectivity index (χ2v) is 4.80. The van der Waals surface area contributed by atoms with Crippen molar-refractivity contribution in [3.8, 4) is 17.0 Å². The van der Waals surface area contributed by atoms with Gasteiger partial charge in [-0.3, -0.25) is 4.79 Å². The molecule has 2 rings (SSSR count). The molecule has 4 nitrogen and oxygen atoms in total. The third-order valence-electron chi connectivity index (χ3n) is 3.50. The number of Topliss-reactive ketones (excluding diaryl/α,β-unsaturated/α-hetero) is 1. The van der Waals surface area contributed by atoms with Crippen molar-refractivity contribution >= 4 is 11.5 Å². The summed E-state index contributed by atoms with van der Waals surface area (Å²) in [7, 11) is 1.92. The number of nitrogen functional groups attached to an aromatic ring is 1. The van der Waals surface area contributed by atoms with E-state index in [9.17, 15) is 4.79 Å². The minimum atomic E-state index is -0.0113. The Morgan fingerprint density at radius 3 is 2.65 bits per heavy atom. The zero-order valence-corrected chi connectivity index (χ0v) is 12.4. The van der Waals surface area contributed by atoms with Crippen LogP contribution in [0.3, 0.4) is 0 Å². The average molecular weight is 272 g/mol. The maximum Gasteiger partial charge on any atom is 0.163 e. The van der Waals surface area contributed by atoms with Gasteiger partial charge in [0.2, 0.25) is 0 Å². The van der Waals surface area contributed by atoms with E-state index in [2.05, 4.69) is 0 Å². The summed E-state index contributed by atoms with van der Waals surface area (Å²) in [5.41, 5.74) is 10.0. The second-order valence-electron chi connectivity index (χ2n) is 4.80. The lowest BCUT2D eigenvalue weighted by Crippen LogP contribution is -1.98. The van der Waals surface area contributed by atoms with E-state index in [1.807, 2.05) is 49.7 Å². The summed E-state index contributed by atoms with van der Waals surface area (Å²) in [4.78, 5) is 11.7. The van der Waals surface area contributed by atoms with Gasteiger partial charge in [0.1, 0.15) is 5.75 Å². The molecule has 0 aliphatic carbocycles. The molecule has 0 aliphatic rings. The Bertz CT molecular complexity index is 657. The normalized spacial score (nSPS) is 10.6. The van der Waals surface area contributed by atoms with Crippen LogP contribution in [0.25, 0.3) is 11.3 Å². The summed E-state index contributed by atoms with van der Waals surface area (Å²) >= 11 is 0. The molecule has 106 valence electrons. The van der Waals surface area contributed by atoms with Crippen LogP contribution in [0.1, 0.15) is 29.9 Å². The van der Waals surface area contributed by atoms with Crippen LogP contribution in [0, 0.1) is 6.92 Å². The molecule has 0 bridgehead atoms. The Labute approximate surface area is 119 Å². The van der Waals surface area contributed by atoms with E-state index in [-0.39, 0.29) is 5.78 Å². The molecule has 20 heavy (non-hydrogen) atoms. The maximum atomic E-state index is 11.7. The van der Waals surface area contributed by atoms with Crippen molar-refractivity contribution in [3.05, 3.63) is 35.5 Å². The molecule has 0 saturated carbocycles. The minimum absolute atomic E-state index is 0.0113. The molecular weight excluding hydrogens is 252 g/mol. The molecule has 0 fully saturated rings. The molecule has 0 spiro atoms. The van der Waals surface area contributed by atoms with E-state index in [1.54, 1.807) is 6.92 Å². The summed E-state index contributed by atoms with van der Waals surface area (Å²) in [6.45, 7) is 6.01. The van der Waals surface area contributed by atoms with Gasteiger partial charge >= 0.3 is 0 Å². The summed E-state index contributed by atoms with van der Waals surface area (Å²) in [5, 5.41) is 0. The van der Waals surface area contributed by atoms with Gasteiger partial charge in [-0.25, -0.2) is 0 Å². The van der Waals surface area contributed by atoms with Crippen molar-refractivity contribution in [2.45, 2.75) is 20.8 Å². The largest absolute Gasteiger partial charge is 0.494 e. The molecule has 0 radical (unpaired) electrons. The number of carbonyl (C=O) groups is 1. The van der Waals surface area contributed by atoms with Gasteiger partial charge in [-0.1, -0.05) is 12.1 Å². The number of hydrogen-bond donors (Lipinski definition) is 1. The van der Waals surface area contributed by atoms with Crippen LogP contribution in [0.4, 0.5) is 5.69 Å². The van der Waals surface area contributed by atoms with Gasteiger partial charge in [0.15, 0.2) is 5.78 Å². The standard InChI is InChI=1S/C16H20N2O2/c1-5-20-13-8-6-7-12(9-13)16-15(17)14(11(3)19)10(2)18(16)4/h6-9H,5,17H2,1-4H3. The molecule has 1 aromatic heterocycles. The summed E-state index contributed by atoms with van der Waals surface area (Å²) < 4.78 is 7.47. The molecule has 1 heterocycles. The van der Waals surface area contributed by atoms with Crippen molar-refractivity contribution in [1.29, 1.82) is 0 Å². The highest BCUT2D eigenvalue weighted by Crippen LogP contribution is 2.34. The maximum absolute atomic E-state index is 11.7. The topological polar surface area (TPSA) is 57.2 Å². The van der Waals surface area contributed by atoms with E-state index in [1.165, 1.54) is 0 Å². The summed E-state index contributed by atoms with van der Waals surface area (Å²) in [6.07, 6.45) is 0. The highest BCUT2D eigenvalue weighted by Gasteiger charge is 2.20. The van der Waals surface area contributed by atoms with E-state index < -0.39 is 0 Å². The predicted molar refractivity (Wildman–Crippen MR) is 81.2 cm³/mol. The van der Waals surface area contributed by atoms with E-state index in [0.717, 1.165) is 22.7 Å². The Morgan fingerprint density at radius 2 is 2.10 bits per heavy atom. The molecule has 0 aliphatic heterocycles. The number of ketones is 1. The fraction of sp³-hybridized carbons (Fsp3) is 0.312. The Balaban J connectivity index is 2.61. The number of aromatic nitrogens is 1. The summed E-state index contributed by atoms with van der Waals surface area (Å²) in [5.74, 6) is 0.787. The number of hydrogen-bond acceptors (Lipinski definition) is 3. The molecular formula is C16H20N2O2. The highest BCUT2D eigenvalue weighted by atomic mass is 16.5. The van der Waals surface area contributed by atoms with Crippen LogP contribution in [-0.2, 0) is 7.05 Å². The van der Waals surface area contributed by atoms with Crippen molar-refractivity contribution in [3.63, 3.8) is 0 Å². The third kappa shape index (κ3) is 2.29. The number of nitrogens with two attached hydrogens (primary N) is 1. The van der Waals surface area contributed by atoms with Crippen LogP contribution >= 0.6 is 0 Å². The first-order chi connectivity index (χ1) is 9.47. The fourth-order valence-corrected chi connectivity index (χ4v) is 2.52. The Morgan fingerprint density at radius 1 is 1.40 bits per heavy atom. The van der Waals surface area contributed by atoms with Crippen LogP contribution < -0.4 is 10.5 Å². The first-order valence-electron chi connectivity index (χ1n) is 6.66. The smallest absolute Gasteiger partial charge is 0.163 e. The van der Waals surface area contributed by atoms with Crippen LogP contribution in [0.5, 0.6) is 5.75 Å². The van der Waals surface area contributed by atoms with Crippen molar-refractivity contribution in [2.75, 3.05) is 12.3 Å². The lowest BCUT2D eigenvalue weighted by molar-refractivity contribution is 0.101. The molecule has 0 amide bonds.